The topological polar surface area (TPSA) is 33.3 Å². The SMILES string of the molecule is CC(C)C1(CNCCOC2(C)CNC2)CC1. The van der Waals surface area contributed by atoms with Crippen LogP contribution in [0.2, 0.25) is 0 Å². The molecule has 0 aromatic heterocycles. The lowest BCUT2D eigenvalue weighted by Gasteiger charge is -2.39. The Balaban J connectivity index is 1.52. The highest BCUT2D eigenvalue weighted by Gasteiger charge is 2.44. The van der Waals surface area contributed by atoms with Gasteiger partial charge >= 0.3 is 0 Å². The molecule has 1 aliphatic heterocycles. The van der Waals surface area contributed by atoms with Crippen LogP contribution in [0.4, 0.5) is 0 Å². The van der Waals surface area contributed by atoms with Gasteiger partial charge in [-0.1, -0.05) is 13.8 Å². The molecule has 0 aromatic carbocycles. The van der Waals surface area contributed by atoms with Crippen LogP contribution in [0, 0.1) is 11.3 Å². The number of nitrogens with one attached hydrogen (secondary N) is 2. The Hall–Kier alpha value is -0.120. The van der Waals surface area contributed by atoms with Gasteiger partial charge in [0.05, 0.1) is 12.2 Å². The van der Waals surface area contributed by atoms with E-state index in [-0.39, 0.29) is 5.60 Å². The average Bonchev–Trinajstić information content (AvgIpc) is 2.96. The first-order valence-corrected chi connectivity index (χ1v) is 6.62. The van der Waals surface area contributed by atoms with Crippen molar-refractivity contribution in [2.75, 3.05) is 32.8 Å². The summed E-state index contributed by atoms with van der Waals surface area (Å²) in [5.74, 6) is 0.814. The third-order valence-corrected chi connectivity index (χ3v) is 4.32. The molecule has 1 saturated carbocycles. The molecule has 0 unspecified atom stereocenters. The van der Waals surface area contributed by atoms with Gasteiger partial charge in [0.1, 0.15) is 0 Å². The monoisotopic (exact) mass is 226 g/mol. The van der Waals surface area contributed by atoms with Crippen molar-refractivity contribution in [1.29, 1.82) is 0 Å². The highest BCUT2D eigenvalue weighted by Crippen LogP contribution is 2.51. The molecular weight excluding hydrogens is 200 g/mol. The van der Waals surface area contributed by atoms with Gasteiger partial charge in [-0.05, 0) is 31.1 Å². The molecule has 0 amide bonds. The fraction of sp³-hybridized carbons (Fsp3) is 1.00. The molecule has 3 heteroatoms. The second-order valence-electron chi connectivity index (χ2n) is 6.10. The van der Waals surface area contributed by atoms with Gasteiger partial charge in [0.2, 0.25) is 0 Å². The van der Waals surface area contributed by atoms with Crippen molar-refractivity contribution < 1.29 is 4.74 Å². The first-order valence-electron chi connectivity index (χ1n) is 6.62. The number of hydrogen-bond acceptors (Lipinski definition) is 3. The minimum atomic E-state index is 0.108. The van der Waals surface area contributed by atoms with Crippen LogP contribution in [0.1, 0.15) is 33.6 Å². The van der Waals surface area contributed by atoms with Gasteiger partial charge in [0, 0.05) is 26.2 Å². The lowest BCUT2D eigenvalue weighted by atomic mass is 9.92. The minimum absolute atomic E-state index is 0.108. The van der Waals surface area contributed by atoms with E-state index in [2.05, 4.69) is 31.4 Å². The van der Waals surface area contributed by atoms with E-state index in [1.165, 1.54) is 19.4 Å². The lowest BCUT2D eigenvalue weighted by molar-refractivity contribution is -0.0650. The molecule has 3 nitrogen and oxygen atoms in total. The van der Waals surface area contributed by atoms with Crippen LogP contribution >= 0.6 is 0 Å². The Morgan fingerprint density at radius 3 is 2.44 bits per heavy atom. The standard InChI is InChI=1S/C13H26N2O/c1-11(2)13(4-5-13)10-14-6-7-16-12(3)8-15-9-12/h11,14-15H,4-10H2,1-3H3. The van der Waals surface area contributed by atoms with Crippen LogP contribution < -0.4 is 10.6 Å². The zero-order chi connectivity index (χ0) is 11.6. The minimum Gasteiger partial charge on any atom is -0.371 e. The van der Waals surface area contributed by atoms with E-state index in [0.29, 0.717) is 5.41 Å². The third kappa shape index (κ3) is 2.76. The molecule has 2 rings (SSSR count). The third-order valence-electron chi connectivity index (χ3n) is 4.32. The summed E-state index contributed by atoms with van der Waals surface area (Å²) in [4.78, 5) is 0. The van der Waals surface area contributed by atoms with Crippen molar-refractivity contribution in [3.63, 3.8) is 0 Å². The zero-order valence-corrected chi connectivity index (χ0v) is 10.9. The van der Waals surface area contributed by atoms with Crippen LogP contribution in [0.5, 0.6) is 0 Å². The van der Waals surface area contributed by atoms with Crippen molar-refractivity contribution in [2.45, 2.75) is 39.2 Å². The second-order valence-corrected chi connectivity index (χ2v) is 6.10. The summed E-state index contributed by atoms with van der Waals surface area (Å²) in [6.45, 7) is 11.9. The predicted molar refractivity (Wildman–Crippen MR) is 66.6 cm³/mol. The second kappa shape index (κ2) is 4.63. The molecule has 0 aromatic rings. The molecule has 1 aliphatic carbocycles. The molecular formula is C13H26N2O. The van der Waals surface area contributed by atoms with Crippen LogP contribution in [0.3, 0.4) is 0 Å². The van der Waals surface area contributed by atoms with Gasteiger partial charge in [0.25, 0.3) is 0 Å². The van der Waals surface area contributed by atoms with E-state index in [9.17, 15) is 0 Å². The Labute approximate surface area is 99.3 Å². The van der Waals surface area contributed by atoms with Gasteiger partial charge in [0.15, 0.2) is 0 Å². The van der Waals surface area contributed by atoms with Gasteiger partial charge < -0.3 is 15.4 Å². The molecule has 0 atom stereocenters. The van der Waals surface area contributed by atoms with Crippen LogP contribution in [-0.2, 0) is 4.74 Å². The molecule has 0 bridgehead atoms. The molecule has 16 heavy (non-hydrogen) atoms. The summed E-state index contributed by atoms with van der Waals surface area (Å²) in [5, 5.41) is 6.79. The maximum absolute atomic E-state index is 5.84. The molecule has 2 N–H and O–H groups in total. The van der Waals surface area contributed by atoms with E-state index in [1.54, 1.807) is 0 Å². The smallest absolute Gasteiger partial charge is 0.0902 e. The first-order chi connectivity index (χ1) is 7.56. The number of hydrogen-bond donors (Lipinski definition) is 2. The van der Waals surface area contributed by atoms with Crippen molar-refractivity contribution in [3.8, 4) is 0 Å². The summed E-state index contributed by atoms with van der Waals surface area (Å²) in [5.41, 5.74) is 0.721. The summed E-state index contributed by atoms with van der Waals surface area (Å²) in [6, 6.07) is 0. The molecule has 1 saturated heterocycles. The quantitative estimate of drug-likeness (QED) is 0.644. The Bertz CT molecular complexity index is 232. The van der Waals surface area contributed by atoms with Crippen LogP contribution in [0.25, 0.3) is 0 Å². The molecule has 1 heterocycles. The maximum atomic E-state index is 5.84. The van der Waals surface area contributed by atoms with Gasteiger partial charge in [-0.25, -0.2) is 0 Å². The highest BCUT2D eigenvalue weighted by atomic mass is 16.5. The fourth-order valence-corrected chi connectivity index (χ4v) is 2.40. The maximum Gasteiger partial charge on any atom is 0.0902 e. The van der Waals surface area contributed by atoms with Gasteiger partial charge in [-0.15, -0.1) is 0 Å². The lowest BCUT2D eigenvalue weighted by Crippen LogP contribution is -2.59. The predicted octanol–water partition coefficient (Wildman–Crippen LogP) is 1.39. The highest BCUT2D eigenvalue weighted by molar-refractivity contribution is 4.97. The van der Waals surface area contributed by atoms with E-state index in [1.807, 2.05) is 0 Å². The van der Waals surface area contributed by atoms with Crippen LogP contribution in [0.15, 0.2) is 0 Å². The summed E-state index contributed by atoms with van der Waals surface area (Å²) < 4.78 is 5.84. The Kier molecular flexibility index (Phi) is 3.57. The fourth-order valence-electron chi connectivity index (χ4n) is 2.40. The summed E-state index contributed by atoms with van der Waals surface area (Å²) in [6.07, 6.45) is 2.81. The van der Waals surface area contributed by atoms with Crippen molar-refractivity contribution in [2.24, 2.45) is 11.3 Å². The number of ether oxygens (including phenoxy) is 1. The van der Waals surface area contributed by atoms with Gasteiger partial charge in [-0.2, -0.15) is 0 Å². The first kappa shape index (κ1) is 12.3. The molecule has 0 radical (unpaired) electrons. The normalized spacial score (nSPS) is 25.5. The van der Waals surface area contributed by atoms with E-state index in [0.717, 1.165) is 32.2 Å². The van der Waals surface area contributed by atoms with Gasteiger partial charge in [-0.3, -0.25) is 0 Å². The Morgan fingerprint density at radius 1 is 1.31 bits per heavy atom. The van der Waals surface area contributed by atoms with Crippen LogP contribution in [-0.4, -0.2) is 38.4 Å². The van der Waals surface area contributed by atoms with Crippen molar-refractivity contribution in [1.82, 2.24) is 10.6 Å². The van der Waals surface area contributed by atoms with E-state index >= 15 is 0 Å². The Morgan fingerprint density at radius 2 is 2.00 bits per heavy atom. The zero-order valence-electron chi connectivity index (χ0n) is 10.9. The van der Waals surface area contributed by atoms with Crippen molar-refractivity contribution in [3.05, 3.63) is 0 Å². The molecule has 2 aliphatic rings. The van der Waals surface area contributed by atoms with E-state index in [4.69, 9.17) is 4.74 Å². The number of rotatable bonds is 7. The molecule has 94 valence electrons. The van der Waals surface area contributed by atoms with E-state index < -0.39 is 0 Å². The summed E-state index contributed by atoms with van der Waals surface area (Å²) in [7, 11) is 0. The largest absolute Gasteiger partial charge is 0.371 e. The van der Waals surface area contributed by atoms with Crippen molar-refractivity contribution >= 4 is 0 Å². The molecule has 0 spiro atoms. The average molecular weight is 226 g/mol. The molecule has 2 fully saturated rings. The summed E-state index contributed by atoms with van der Waals surface area (Å²) >= 11 is 0.